The number of nitrogens with zero attached hydrogens (tertiary/aromatic N) is 3. The van der Waals surface area contributed by atoms with Gasteiger partial charge in [0.25, 0.3) is 0 Å². The van der Waals surface area contributed by atoms with Gasteiger partial charge in [-0.25, -0.2) is 13.9 Å². The second kappa shape index (κ2) is 9.09. The molecule has 4 rings (SSSR count). The average molecular weight is 442 g/mol. The molecule has 0 aliphatic heterocycles. The summed E-state index contributed by atoms with van der Waals surface area (Å²) in [4.78, 5) is 12.3. The van der Waals surface area contributed by atoms with Crippen LogP contribution in [0.3, 0.4) is 0 Å². The number of ether oxygens (including phenoxy) is 2. The molecule has 0 fully saturated rings. The van der Waals surface area contributed by atoms with Crippen LogP contribution < -0.4 is 10.6 Å². The molecule has 160 valence electrons. The monoisotopic (exact) mass is 442 g/mol. The van der Waals surface area contributed by atoms with Crippen molar-refractivity contribution in [1.29, 1.82) is 0 Å². The Labute approximate surface area is 181 Å². The van der Waals surface area contributed by atoms with E-state index in [9.17, 15) is 9.18 Å². The minimum atomic E-state index is -0.517. The Bertz CT molecular complexity index is 1210. The molecule has 4 aromatic rings. The largest absolute Gasteiger partial charge is 0.486 e. The maximum absolute atomic E-state index is 13.0. The predicted octanol–water partition coefficient (Wildman–Crippen LogP) is 3.93. The fraction of sp³-hybridized carbons (Fsp3) is 0.190. The number of esters is 1. The smallest absolute Gasteiger partial charge is 0.374 e. The van der Waals surface area contributed by atoms with Crippen molar-refractivity contribution in [2.24, 2.45) is 0 Å². The maximum atomic E-state index is 13.0. The third kappa shape index (κ3) is 4.48. The first-order valence-corrected chi connectivity index (χ1v) is 10.4. The van der Waals surface area contributed by atoms with E-state index in [2.05, 4.69) is 10.2 Å². The van der Waals surface area contributed by atoms with Crippen LogP contribution in [0.5, 0.6) is 5.75 Å². The highest BCUT2D eigenvalue weighted by molar-refractivity contribution is 7.98. The minimum absolute atomic E-state index is 0.0679. The Kier molecular flexibility index (Phi) is 6.08. The molecule has 2 aromatic heterocycles. The van der Waals surface area contributed by atoms with Gasteiger partial charge in [-0.1, -0.05) is 30.0 Å². The Balaban J connectivity index is 1.49. The maximum Gasteiger partial charge on any atom is 0.374 e. The van der Waals surface area contributed by atoms with E-state index in [1.54, 1.807) is 13.0 Å². The third-order valence-electron chi connectivity index (χ3n) is 4.42. The third-order valence-corrected chi connectivity index (χ3v) is 5.39. The number of nitrogen functional groups attached to an aromatic ring is 1. The number of carbonyl (C=O) groups excluding carboxylic acids is 1. The molecule has 0 amide bonds. The van der Waals surface area contributed by atoms with Crippen molar-refractivity contribution in [3.05, 3.63) is 71.5 Å². The van der Waals surface area contributed by atoms with E-state index in [1.165, 1.54) is 40.7 Å². The fourth-order valence-electron chi connectivity index (χ4n) is 2.92. The SMILES string of the molecule is CCOC(=O)c1oc2ccccc2c1CSc1nnc(COc2ccc(F)cc2)n1N. The topological polar surface area (TPSA) is 105 Å². The Hall–Kier alpha value is -3.53. The van der Waals surface area contributed by atoms with Crippen molar-refractivity contribution in [1.82, 2.24) is 14.9 Å². The van der Waals surface area contributed by atoms with Gasteiger partial charge in [-0.05, 0) is 37.3 Å². The number of nitrogens with two attached hydrogens (primary N) is 1. The lowest BCUT2D eigenvalue weighted by molar-refractivity contribution is 0.0491. The number of benzene rings is 2. The van der Waals surface area contributed by atoms with Crippen LogP contribution in [0.1, 0.15) is 28.9 Å². The Morgan fingerprint density at radius 1 is 1.19 bits per heavy atom. The zero-order valence-corrected chi connectivity index (χ0v) is 17.4. The molecule has 0 unspecified atom stereocenters. The van der Waals surface area contributed by atoms with Crippen molar-refractivity contribution in [3.8, 4) is 5.75 Å². The summed E-state index contributed by atoms with van der Waals surface area (Å²) in [5.41, 5.74) is 1.30. The highest BCUT2D eigenvalue weighted by Crippen LogP contribution is 2.32. The number of halogens is 1. The van der Waals surface area contributed by atoms with Crippen LogP contribution in [0.25, 0.3) is 11.0 Å². The summed E-state index contributed by atoms with van der Waals surface area (Å²) in [6.45, 7) is 2.05. The van der Waals surface area contributed by atoms with Crippen molar-refractivity contribution < 1.29 is 23.1 Å². The highest BCUT2D eigenvalue weighted by atomic mass is 32.2. The summed E-state index contributed by atoms with van der Waals surface area (Å²) in [6.07, 6.45) is 0. The molecular formula is C21H19FN4O4S. The number of hydrogen-bond donors (Lipinski definition) is 1. The zero-order chi connectivity index (χ0) is 21.8. The van der Waals surface area contributed by atoms with E-state index in [4.69, 9.17) is 19.7 Å². The number of rotatable bonds is 8. The zero-order valence-electron chi connectivity index (χ0n) is 16.6. The second-order valence-corrected chi connectivity index (χ2v) is 7.37. The van der Waals surface area contributed by atoms with Crippen LogP contribution >= 0.6 is 11.8 Å². The molecule has 0 saturated carbocycles. The molecule has 0 atom stereocenters. The lowest BCUT2D eigenvalue weighted by atomic mass is 10.1. The lowest BCUT2D eigenvalue weighted by Gasteiger charge is -2.06. The van der Waals surface area contributed by atoms with Gasteiger partial charge in [-0.3, -0.25) is 0 Å². The van der Waals surface area contributed by atoms with Crippen molar-refractivity contribution in [3.63, 3.8) is 0 Å². The molecule has 0 bridgehead atoms. The van der Waals surface area contributed by atoms with Gasteiger partial charge in [-0.15, -0.1) is 10.2 Å². The molecule has 0 spiro atoms. The first-order valence-electron chi connectivity index (χ1n) is 9.45. The van der Waals surface area contributed by atoms with Crippen LogP contribution in [0, 0.1) is 5.82 Å². The van der Waals surface area contributed by atoms with Crippen LogP contribution in [-0.2, 0) is 17.1 Å². The number of thioether (sulfide) groups is 1. The van der Waals surface area contributed by atoms with E-state index in [0.717, 1.165) is 5.39 Å². The van der Waals surface area contributed by atoms with Gasteiger partial charge in [-0.2, -0.15) is 0 Å². The van der Waals surface area contributed by atoms with E-state index in [1.807, 2.05) is 18.2 Å². The fourth-order valence-corrected chi connectivity index (χ4v) is 3.83. The van der Waals surface area contributed by atoms with Crippen LogP contribution in [0.2, 0.25) is 0 Å². The summed E-state index contributed by atoms with van der Waals surface area (Å²) in [5.74, 6) is 6.67. The molecule has 2 aromatic carbocycles. The van der Waals surface area contributed by atoms with Gasteiger partial charge < -0.3 is 19.7 Å². The molecule has 2 N–H and O–H groups in total. The van der Waals surface area contributed by atoms with Crippen LogP contribution in [0.15, 0.2) is 58.1 Å². The number of fused-ring (bicyclic) bond motifs is 1. The Morgan fingerprint density at radius 3 is 2.74 bits per heavy atom. The van der Waals surface area contributed by atoms with Crippen LogP contribution in [-0.4, -0.2) is 27.4 Å². The van der Waals surface area contributed by atoms with Gasteiger partial charge in [0.2, 0.25) is 10.9 Å². The molecule has 0 radical (unpaired) electrons. The van der Waals surface area contributed by atoms with Crippen molar-refractivity contribution >= 4 is 28.7 Å². The molecular weight excluding hydrogens is 423 g/mol. The first-order chi connectivity index (χ1) is 15.1. The quantitative estimate of drug-likeness (QED) is 0.249. The summed E-state index contributed by atoms with van der Waals surface area (Å²) in [7, 11) is 0. The van der Waals surface area contributed by atoms with Gasteiger partial charge in [0, 0.05) is 16.7 Å². The van der Waals surface area contributed by atoms with Crippen molar-refractivity contribution in [2.45, 2.75) is 24.4 Å². The normalized spacial score (nSPS) is 11.0. The van der Waals surface area contributed by atoms with E-state index in [-0.39, 0.29) is 24.8 Å². The summed E-state index contributed by atoms with van der Waals surface area (Å²) < 4.78 is 30.7. The highest BCUT2D eigenvalue weighted by Gasteiger charge is 2.22. The molecule has 2 heterocycles. The van der Waals surface area contributed by atoms with E-state index < -0.39 is 5.97 Å². The molecule has 0 aliphatic carbocycles. The summed E-state index contributed by atoms with van der Waals surface area (Å²) in [5, 5.41) is 9.41. The summed E-state index contributed by atoms with van der Waals surface area (Å²) in [6, 6.07) is 13.0. The van der Waals surface area contributed by atoms with Crippen molar-refractivity contribution in [2.75, 3.05) is 12.4 Å². The minimum Gasteiger partial charge on any atom is -0.486 e. The predicted molar refractivity (Wildman–Crippen MR) is 113 cm³/mol. The van der Waals surface area contributed by atoms with E-state index in [0.29, 0.717) is 33.6 Å². The number of para-hydroxylation sites is 1. The molecule has 0 aliphatic rings. The molecule has 31 heavy (non-hydrogen) atoms. The van der Waals surface area contributed by atoms with E-state index >= 15 is 0 Å². The van der Waals surface area contributed by atoms with Gasteiger partial charge in [0.15, 0.2) is 5.82 Å². The number of aromatic nitrogens is 3. The lowest BCUT2D eigenvalue weighted by Crippen LogP contribution is -2.15. The number of furan rings is 1. The van der Waals surface area contributed by atoms with Gasteiger partial charge >= 0.3 is 5.97 Å². The number of carbonyl (C=O) groups is 1. The van der Waals surface area contributed by atoms with Gasteiger partial charge in [0.1, 0.15) is 23.8 Å². The molecule has 8 nitrogen and oxygen atoms in total. The molecule has 0 saturated heterocycles. The summed E-state index contributed by atoms with van der Waals surface area (Å²) >= 11 is 1.31. The first kappa shape index (κ1) is 20.7. The number of hydrogen-bond acceptors (Lipinski definition) is 8. The standard InChI is InChI=1S/C21H19FN4O4S/c1-2-28-20(27)19-16(15-5-3-4-6-17(15)30-19)12-31-21-25-24-18(26(21)23)11-29-14-9-7-13(22)8-10-14/h3-10H,2,11-12,23H2,1H3. The Morgan fingerprint density at radius 2 is 1.97 bits per heavy atom. The molecule has 10 heteroatoms. The second-order valence-electron chi connectivity index (χ2n) is 6.43. The van der Waals surface area contributed by atoms with Crippen LogP contribution in [0.4, 0.5) is 4.39 Å². The average Bonchev–Trinajstić information content (AvgIpc) is 3.32. The van der Waals surface area contributed by atoms with Gasteiger partial charge in [0.05, 0.1) is 6.61 Å².